The second-order valence-electron chi connectivity index (χ2n) is 8.10. The molecule has 0 radical (unpaired) electrons. The van der Waals surface area contributed by atoms with Gasteiger partial charge in [0.15, 0.2) is 0 Å². The predicted octanol–water partition coefficient (Wildman–Crippen LogP) is 4.31. The minimum absolute atomic E-state index is 0.0145. The fourth-order valence-corrected chi connectivity index (χ4v) is 5.12. The van der Waals surface area contributed by atoms with Gasteiger partial charge in [0.05, 0.1) is 0 Å². The maximum Gasteiger partial charge on any atom is 0.317 e. The van der Waals surface area contributed by atoms with Crippen LogP contribution in [0.15, 0.2) is 48.0 Å². The number of nitrogens with one attached hydrogen (secondary N) is 3. The Morgan fingerprint density at radius 3 is 2.71 bits per heavy atom. The van der Waals surface area contributed by atoms with E-state index in [0.717, 1.165) is 31.3 Å². The van der Waals surface area contributed by atoms with Gasteiger partial charge in [0, 0.05) is 60.0 Å². The van der Waals surface area contributed by atoms with Gasteiger partial charge < -0.3 is 20.5 Å². The van der Waals surface area contributed by atoms with E-state index in [-0.39, 0.29) is 23.8 Å². The van der Waals surface area contributed by atoms with E-state index in [1.165, 1.54) is 15.8 Å². The topological polar surface area (TPSA) is 77.2 Å². The van der Waals surface area contributed by atoms with Gasteiger partial charge in [-0.25, -0.2) is 4.79 Å². The number of rotatable bonds is 7. The van der Waals surface area contributed by atoms with Crippen molar-refractivity contribution in [3.63, 3.8) is 0 Å². The zero-order valence-corrected chi connectivity index (χ0v) is 18.7. The fourth-order valence-electron chi connectivity index (χ4n) is 4.27. The number of carbonyl (C=O) groups excluding carboxylic acids is 2. The molecule has 0 bridgehead atoms. The third-order valence-corrected chi connectivity index (χ3v) is 7.03. The Labute approximate surface area is 187 Å². The Kier molecular flexibility index (Phi) is 6.92. The molecule has 164 valence electrons. The highest BCUT2D eigenvalue weighted by molar-refractivity contribution is 7.10. The minimum Gasteiger partial charge on any atom is -0.361 e. The quantitative estimate of drug-likeness (QED) is 0.514. The molecule has 4 rings (SSSR count). The number of piperidine rings is 1. The number of likely N-dealkylation sites (tertiary alicyclic amines) is 1. The summed E-state index contributed by atoms with van der Waals surface area (Å²) < 4.78 is 0. The average Bonchev–Trinajstić information content (AvgIpc) is 3.49. The van der Waals surface area contributed by atoms with Gasteiger partial charge in [-0.3, -0.25) is 4.79 Å². The summed E-state index contributed by atoms with van der Waals surface area (Å²) in [5.74, 6) is 0.233. The number of benzene rings is 1. The molecule has 3 N–H and O–H groups in total. The summed E-state index contributed by atoms with van der Waals surface area (Å²) in [6.07, 6.45) is 4.44. The van der Waals surface area contributed by atoms with Gasteiger partial charge in [0.1, 0.15) is 0 Å². The molecule has 1 fully saturated rings. The van der Waals surface area contributed by atoms with Crippen LogP contribution in [0, 0.1) is 5.92 Å². The van der Waals surface area contributed by atoms with E-state index in [1.807, 2.05) is 24.0 Å². The summed E-state index contributed by atoms with van der Waals surface area (Å²) in [4.78, 5) is 31.5. The Balaban J connectivity index is 1.38. The van der Waals surface area contributed by atoms with E-state index in [0.29, 0.717) is 19.6 Å². The molecule has 1 aromatic carbocycles. The predicted molar refractivity (Wildman–Crippen MR) is 125 cm³/mol. The lowest BCUT2D eigenvalue weighted by molar-refractivity contribution is -0.126. The van der Waals surface area contributed by atoms with Crippen molar-refractivity contribution in [2.24, 2.45) is 5.92 Å². The summed E-state index contributed by atoms with van der Waals surface area (Å²) in [5, 5.41) is 9.39. The number of aromatic nitrogens is 1. The summed E-state index contributed by atoms with van der Waals surface area (Å²) in [6, 6.07) is 12.4. The van der Waals surface area contributed by atoms with Gasteiger partial charge in [0.25, 0.3) is 0 Å². The van der Waals surface area contributed by atoms with Gasteiger partial charge in [-0.2, -0.15) is 0 Å². The molecule has 0 aliphatic carbocycles. The van der Waals surface area contributed by atoms with E-state index < -0.39 is 0 Å². The first-order valence-electron chi connectivity index (χ1n) is 11.1. The number of hydrogen-bond acceptors (Lipinski definition) is 3. The third kappa shape index (κ3) is 4.93. The summed E-state index contributed by atoms with van der Waals surface area (Å²) in [6.45, 7) is 4.54. The molecule has 1 aliphatic rings. The molecule has 1 saturated heterocycles. The number of para-hydroxylation sites is 1. The lowest BCUT2D eigenvalue weighted by Gasteiger charge is -2.31. The van der Waals surface area contributed by atoms with Gasteiger partial charge in [-0.15, -0.1) is 11.3 Å². The summed E-state index contributed by atoms with van der Waals surface area (Å²) in [5.41, 5.74) is 2.30. The monoisotopic (exact) mass is 438 g/mol. The van der Waals surface area contributed by atoms with Crippen LogP contribution in [-0.2, 0) is 4.79 Å². The van der Waals surface area contributed by atoms with Crippen molar-refractivity contribution in [2.45, 2.75) is 32.1 Å². The van der Waals surface area contributed by atoms with E-state index in [2.05, 4.69) is 51.5 Å². The van der Waals surface area contributed by atoms with Crippen molar-refractivity contribution >= 4 is 34.2 Å². The van der Waals surface area contributed by atoms with Gasteiger partial charge in [0.2, 0.25) is 5.91 Å². The van der Waals surface area contributed by atoms with Gasteiger partial charge in [-0.05, 0) is 42.3 Å². The lowest BCUT2D eigenvalue weighted by Crippen LogP contribution is -2.47. The SMILES string of the molecule is CCCNC(=O)C1CCN(C(=O)NCC(c2cccs2)c2c[nH]c3ccccc23)CC1. The third-order valence-electron chi connectivity index (χ3n) is 6.04. The van der Waals surface area contributed by atoms with Gasteiger partial charge in [-0.1, -0.05) is 31.2 Å². The van der Waals surface area contributed by atoms with Crippen molar-refractivity contribution < 1.29 is 9.59 Å². The Bertz CT molecular complexity index is 1010. The molecule has 1 aliphatic heterocycles. The number of aromatic amines is 1. The van der Waals surface area contributed by atoms with Crippen LogP contribution in [0.2, 0.25) is 0 Å². The highest BCUT2D eigenvalue weighted by atomic mass is 32.1. The van der Waals surface area contributed by atoms with Crippen LogP contribution >= 0.6 is 11.3 Å². The van der Waals surface area contributed by atoms with Gasteiger partial charge >= 0.3 is 6.03 Å². The second kappa shape index (κ2) is 10.0. The standard InChI is InChI=1S/C24H30N4O2S/c1-2-11-25-23(29)17-9-12-28(13-10-17)24(30)27-16-20(22-8-5-14-31-22)19-15-26-21-7-4-3-6-18(19)21/h3-8,14-15,17,20,26H,2,9-13,16H2,1H3,(H,25,29)(H,27,30). The number of hydrogen-bond donors (Lipinski definition) is 3. The van der Waals surface area contributed by atoms with Crippen LogP contribution in [0.1, 0.15) is 42.5 Å². The molecule has 0 spiro atoms. The molecule has 7 heteroatoms. The Hall–Kier alpha value is -2.80. The molecule has 3 amide bonds. The van der Waals surface area contributed by atoms with Crippen molar-refractivity contribution in [1.29, 1.82) is 0 Å². The molecular weight excluding hydrogens is 408 g/mol. The molecule has 31 heavy (non-hydrogen) atoms. The minimum atomic E-state index is -0.0474. The molecule has 2 aromatic heterocycles. The lowest BCUT2D eigenvalue weighted by atomic mass is 9.95. The fraction of sp³-hybridized carbons (Fsp3) is 0.417. The van der Waals surface area contributed by atoms with Crippen LogP contribution in [-0.4, -0.2) is 48.0 Å². The van der Waals surface area contributed by atoms with Crippen LogP contribution in [0.4, 0.5) is 4.79 Å². The van der Waals surface area contributed by atoms with E-state index in [4.69, 9.17) is 0 Å². The van der Waals surface area contributed by atoms with E-state index >= 15 is 0 Å². The van der Waals surface area contributed by atoms with Crippen molar-refractivity contribution in [2.75, 3.05) is 26.2 Å². The number of urea groups is 1. The zero-order valence-electron chi connectivity index (χ0n) is 17.9. The average molecular weight is 439 g/mol. The molecule has 6 nitrogen and oxygen atoms in total. The number of thiophene rings is 1. The van der Waals surface area contributed by atoms with Crippen molar-refractivity contribution in [1.82, 2.24) is 20.5 Å². The number of amides is 3. The molecule has 3 aromatic rings. The largest absolute Gasteiger partial charge is 0.361 e. The Morgan fingerprint density at radius 1 is 1.16 bits per heavy atom. The van der Waals surface area contributed by atoms with Crippen molar-refractivity contribution in [3.8, 4) is 0 Å². The molecule has 0 saturated carbocycles. The Morgan fingerprint density at radius 2 is 1.97 bits per heavy atom. The number of nitrogens with zero attached hydrogens (tertiary/aromatic N) is 1. The first-order valence-corrected chi connectivity index (χ1v) is 11.9. The van der Waals surface area contributed by atoms with E-state index in [9.17, 15) is 9.59 Å². The van der Waals surface area contributed by atoms with E-state index in [1.54, 1.807) is 11.3 Å². The first kappa shape index (κ1) is 21.4. The first-order chi connectivity index (χ1) is 15.2. The number of carbonyl (C=O) groups is 2. The highest BCUT2D eigenvalue weighted by Gasteiger charge is 2.28. The molecule has 1 atom stereocenters. The number of fused-ring (bicyclic) bond motifs is 1. The number of H-pyrrole nitrogens is 1. The second-order valence-corrected chi connectivity index (χ2v) is 9.08. The maximum absolute atomic E-state index is 12.9. The van der Waals surface area contributed by atoms with Crippen LogP contribution < -0.4 is 10.6 Å². The zero-order chi connectivity index (χ0) is 21.6. The highest BCUT2D eigenvalue weighted by Crippen LogP contribution is 2.33. The van der Waals surface area contributed by atoms with Crippen molar-refractivity contribution in [3.05, 3.63) is 58.4 Å². The van der Waals surface area contributed by atoms with Crippen LogP contribution in [0.5, 0.6) is 0 Å². The molecule has 3 heterocycles. The maximum atomic E-state index is 12.9. The smallest absolute Gasteiger partial charge is 0.317 e. The van der Waals surface area contributed by atoms with Crippen LogP contribution in [0.25, 0.3) is 10.9 Å². The van der Waals surface area contributed by atoms with Crippen LogP contribution in [0.3, 0.4) is 0 Å². The molecular formula is C24H30N4O2S. The molecule has 1 unspecified atom stereocenters. The summed E-state index contributed by atoms with van der Waals surface area (Å²) >= 11 is 1.71. The normalized spacial score (nSPS) is 15.7. The summed E-state index contributed by atoms with van der Waals surface area (Å²) in [7, 11) is 0.